The highest BCUT2D eigenvalue weighted by Crippen LogP contribution is 2.25. The average molecular weight is 274 g/mol. The topological polar surface area (TPSA) is 55.1 Å². The van der Waals surface area contributed by atoms with Crippen LogP contribution in [0.2, 0.25) is 0 Å². The van der Waals surface area contributed by atoms with E-state index in [1.165, 1.54) is 12.8 Å². The third-order valence-electron chi connectivity index (χ3n) is 4.47. The summed E-state index contributed by atoms with van der Waals surface area (Å²) < 4.78 is 0. The van der Waals surface area contributed by atoms with Crippen LogP contribution >= 0.6 is 0 Å². The quantitative estimate of drug-likeness (QED) is 0.867. The Labute approximate surface area is 121 Å². The van der Waals surface area contributed by atoms with Gasteiger partial charge in [-0.1, -0.05) is 50.1 Å². The van der Waals surface area contributed by atoms with E-state index in [1.807, 2.05) is 30.3 Å². The molecular formula is C17H26N2O. The first-order chi connectivity index (χ1) is 9.76. The molecule has 0 radical (unpaired) electrons. The number of amides is 1. The Bertz CT molecular complexity index is 418. The zero-order valence-electron chi connectivity index (χ0n) is 12.3. The lowest BCUT2D eigenvalue weighted by molar-refractivity contribution is -0.124. The average Bonchev–Trinajstić information content (AvgIpc) is 2.49. The van der Waals surface area contributed by atoms with E-state index in [0.717, 1.165) is 24.8 Å². The largest absolute Gasteiger partial charge is 0.353 e. The molecule has 1 saturated carbocycles. The van der Waals surface area contributed by atoms with Crippen LogP contribution in [0.15, 0.2) is 30.3 Å². The zero-order valence-corrected chi connectivity index (χ0v) is 12.3. The van der Waals surface area contributed by atoms with Crippen molar-refractivity contribution in [2.75, 3.05) is 6.54 Å². The van der Waals surface area contributed by atoms with Gasteiger partial charge >= 0.3 is 0 Å². The van der Waals surface area contributed by atoms with Crippen LogP contribution in [0.4, 0.5) is 0 Å². The van der Waals surface area contributed by atoms with E-state index >= 15 is 0 Å². The van der Waals surface area contributed by atoms with Crippen LogP contribution in [0.3, 0.4) is 0 Å². The number of carbonyl (C=O) groups excluding carboxylic acids is 1. The Balaban J connectivity index is 2.02. The molecule has 2 rings (SSSR count). The van der Waals surface area contributed by atoms with Crippen molar-refractivity contribution in [3.05, 3.63) is 35.9 Å². The van der Waals surface area contributed by atoms with E-state index in [1.54, 1.807) is 0 Å². The second kappa shape index (κ2) is 7.44. The van der Waals surface area contributed by atoms with Gasteiger partial charge in [0.05, 0.1) is 5.92 Å². The molecule has 3 nitrogen and oxygen atoms in total. The van der Waals surface area contributed by atoms with Crippen molar-refractivity contribution in [2.45, 2.75) is 51.0 Å². The molecule has 0 heterocycles. The second-order valence-electron chi connectivity index (χ2n) is 5.77. The standard InChI is InChI=1S/C17H26N2O/c1-2-15(13-8-4-3-5-9-13)17(20)19-16-11-7-6-10-14(16)12-18/h3-5,8-9,14-16H,2,6-7,10-12,18H2,1H3,(H,19,20). The number of nitrogens with one attached hydrogen (secondary N) is 1. The number of hydrogen-bond donors (Lipinski definition) is 2. The van der Waals surface area contributed by atoms with Crippen molar-refractivity contribution in [1.82, 2.24) is 5.32 Å². The van der Waals surface area contributed by atoms with E-state index in [2.05, 4.69) is 12.2 Å². The maximum Gasteiger partial charge on any atom is 0.227 e. The Kier molecular flexibility index (Phi) is 5.60. The van der Waals surface area contributed by atoms with Crippen molar-refractivity contribution in [2.24, 2.45) is 11.7 Å². The molecule has 1 aromatic rings. The van der Waals surface area contributed by atoms with Gasteiger partial charge in [0.25, 0.3) is 0 Å². The number of hydrogen-bond acceptors (Lipinski definition) is 2. The summed E-state index contributed by atoms with van der Waals surface area (Å²) in [6.07, 6.45) is 5.48. The van der Waals surface area contributed by atoms with Crippen molar-refractivity contribution in [3.8, 4) is 0 Å². The first kappa shape index (κ1) is 15.0. The molecule has 0 saturated heterocycles. The van der Waals surface area contributed by atoms with Crippen molar-refractivity contribution >= 4 is 5.91 Å². The molecule has 3 N–H and O–H groups in total. The molecule has 20 heavy (non-hydrogen) atoms. The molecule has 1 aromatic carbocycles. The minimum absolute atomic E-state index is 0.0449. The molecule has 1 aliphatic carbocycles. The van der Waals surface area contributed by atoms with Gasteiger partial charge in [0.1, 0.15) is 0 Å². The number of benzene rings is 1. The fourth-order valence-corrected chi connectivity index (χ4v) is 3.22. The molecule has 3 unspecified atom stereocenters. The molecular weight excluding hydrogens is 248 g/mol. The summed E-state index contributed by atoms with van der Waals surface area (Å²) in [6, 6.07) is 10.3. The van der Waals surface area contributed by atoms with Crippen molar-refractivity contribution in [3.63, 3.8) is 0 Å². The Morgan fingerprint density at radius 3 is 2.65 bits per heavy atom. The van der Waals surface area contributed by atoms with E-state index in [4.69, 9.17) is 5.73 Å². The molecule has 1 aliphatic rings. The minimum Gasteiger partial charge on any atom is -0.353 e. The van der Waals surface area contributed by atoms with Gasteiger partial charge in [0.15, 0.2) is 0 Å². The summed E-state index contributed by atoms with van der Waals surface area (Å²) in [7, 11) is 0. The van der Waals surface area contributed by atoms with Crippen LogP contribution in [0.25, 0.3) is 0 Å². The van der Waals surface area contributed by atoms with Crippen LogP contribution in [0.5, 0.6) is 0 Å². The molecule has 3 atom stereocenters. The Morgan fingerprint density at radius 1 is 1.30 bits per heavy atom. The fourth-order valence-electron chi connectivity index (χ4n) is 3.22. The van der Waals surface area contributed by atoms with Gasteiger partial charge in [-0.2, -0.15) is 0 Å². The smallest absolute Gasteiger partial charge is 0.227 e. The van der Waals surface area contributed by atoms with Crippen LogP contribution < -0.4 is 11.1 Å². The predicted molar refractivity (Wildman–Crippen MR) is 82.4 cm³/mol. The summed E-state index contributed by atoms with van der Waals surface area (Å²) in [6.45, 7) is 2.74. The van der Waals surface area contributed by atoms with E-state index < -0.39 is 0 Å². The highest BCUT2D eigenvalue weighted by atomic mass is 16.1. The monoisotopic (exact) mass is 274 g/mol. The molecule has 0 bridgehead atoms. The molecule has 0 spiro atoms. The van der Waals surface area contributed by atoms with E-state index in [-0.39, 0.29) is 17.9 Å². The summed E-state index contributed by atoms with van der Waals surface area (Å²) >= 11 is 0. The highest BCUT2D eigenvalue weighted by molar-refractivity contribution is 5.83. The number of carbonyl (C=O) groups is 1. The summed E-state index contributed by atoms with van der Waals surface area (Å²) in [5, 5.41) is 3.25. The minimum atomic E-state index is -0.0449. The third kappa shape index (κ3) is 3.60. The lowest BCUT2D eigenvalue weighted by atomic mass is 9.84. The Hall–Kier alpha value is -1.35. The molecule has 0 aliphatic heterocycles. The van der Waals surface area contributed by atoms with E-state index in [0.29, 0.717) is 12.5 Å². The van der Waals surface area contributed by atoms with Gasteiger partial charge in [0, 0.05) is 6.04 Å². The van der Waals surface area contributed by atoms with Crippen LogP contribution in [0, 0.1) is 5.92 Å². The first-order valence-electron chi connectivity index (χ1n) is 7.81. The van der Waals surface area contributed by atoms with Gasteiger partial charge in [0.2, 0.25) is 5.91 Å². The maximum absolute atomic E-state index is 12.6. The normalized spacial score (nSPS) is 24.1. The molecule has 1 fully saturated rings. The number of nitrogens with two attached hydrogens (primary N) is 1. The zero-order chi connectivity index (χ0) is 14.4. The highest BCUT2D eigenvalue weighted by Gasteiger charge is 2.28. The SMILES string of the molecule is CCC(C(=O)NC1CCCCC1CN)c1ccccc1. The van der Waals surface area contributed by atoms with Crippen LogP contribution in [-0.4, -0.2) is 18.5 Å². The molecule has 0 aromatic heterocycles. The summed E-state index contributed by atoms with van der Waals surface area (Å²) in [4.78, 5) is 12.6. The summed E-state index contributed by atoms with van der Waals surface area (Å²) in [5.74, 6) is 0.557. The van der Waals surface area contributed by atoms with Gasteiger partial charge in [-0.05, 0) is 37.3 Å². The molecule has 110 valence electrons. The lowest BCUT2D eigenvalue weighted by Gasteiger charge is -2.32. The molecule has 1 amide bonds. The van der Waals surface area contributed by atoms with Gasteiger partial charge in [-0.15, -0.1) is 0 Å². The predicted octanol–water partition coefficient (Wildman–Crippen LogP) is 2.81. The van der Waals surface area contributed by atoms with Gasteiger partial charge in [-0.3, -0.25) is 4.79 Å². The number of rotatable bonds is 5. The fraction of sp³-hybridized carbons (Fsp3) is 0.588. The van der Waals surface area contributed by atoms with E-state index in [9.17, 15) is 4.79 Å². The van der Waals surface area contributed by atoms with Crippen LogP contribution in [0.1, 0.15) is 50.5 Å². The van der Waals surface area contributed by atoms with Gasteiger partial charge in [-0.25, -0.2) is 0 Å². The van der Waals surface area contributed by atoms with Crippen molar-refractivity contribution in [1.29, 1.82) is 0 Å². The first-order valence-corrected chi connectivity index (χ1v) is 7.81. The van der Waals surface area contributed by atoms with Crippen molar-refractivity contribution < 1.29 is 4.79 Å². The van der Waals surface area contributed by atoms with Gasteiger partial charge < -0.3 is 11.1 Å². The molecule has 3 heteroatoms. The van der Waals surface area contributed by atoms with Crippen LogP contribution in [-0.2, 0) is 4.79 Å². The third-order valence-corrected chi connectivity index (χ3v) is 4.47. The second-order valence-corrected chi connectivity index (χ2v) is 5.77. The maximum atomic E-state index is 12.6. The lowest BCUT2D eigenvalue weighted by Crippen LogP contribution is -2.46. The Morgan fingerprint density at radius 2 is 2.00 bits per heavy atom. The summed E-state index contributed by atoms with van der Waals surface area (Å²) in [5.41, 5.74) is 6.94.